The largest absolute Gasteiger partial charge is 0.472 e. The standard InChI is InChI=1S/C47H92NO7P/c1-6-8-10-12-14-16-17-18-19-20-21-22-23-24-25-26-27-28-29-30-31-32-34-36-38-40-47(49)55-46(45-54-56(50,51)53-43-41-48(3,4)5)44-52-42-39-37-35-33-15-13-11-9-7-2/h17-18,20-21,46H,6-16,19,22-45H2,1-5H3/p+1/b18-17-,21-20-. The lowest BCUT2D eigenvalue weighted by Crippen LogP contribution is -2.37. The number of nitrogens with zero attached hydrogens (tertiary/aromatic N) is 1. The molecule has 0 aliphatic rings. The summed E-state index contributed by atoms with van der Waals surface area (Å²) in [7, 11) is 1.67. The molecule has 0 heterocycles. The number of carbonyl (C=O) groups is 1. The number of ether oxygens (including phenoxy) is 2. The second kappa shape index (κ2) is 40.7. The van der Waals surface area contributed by atoms with Crippen LogP contribution in [0.15, 0.2) is 24.3 Å². The number of esters is 1. The highest BCUT2D eigenvalue weighted by atomic mass is 31.2. The molecule has 0 spiro atoms. The van der Waals surface area contributed by atoms with Crippen molar-refractivity contribution in [3.8, 4) is 0 Å². The van der Waals surface area contributed by atoms with Crippen molar-refractivity contribution >= 4 is 13.8 Å². The van der Waals surface area contributed by atoms with E-state index in [9.17, 15) is 14.3 Å². The van der Waals surface area contributed by atoms with Gasteiger partial charge in [-0.15, -0.1) is 0 Å². The van der Waals surface area contributed by atoms with Crippen molar-refractivity contribution in [3.63, 3.8) is 0 Å². The molecule has 2 atom stereocenters. The average molecular weight is 815 g/mol. The summed E-state index contributed by atoms with van der Waals surface area (Å²) in [5, 5.41) is 0. The van der Waals surface area contributed by atoms with Crippen LogP contribution in [-0.2, 0) is 27.9 Å². The molecule has 8 nitrogen and oxygen atoms in total. The maximum atomic E-state index is 12.7. The zero-order chi connectivity index (χ0) is 41.3. The number of carbonyl (C=O) groups excluding carboxylic acids is 1. The van der Waals surface area contributed by atoms with Crippen molar-refractivity contribution in [3.05, 3.63) is 24.3 Å². The Kier molecular flexibility index (Phi) is 40.0. The molecule has 0 saturated carbocycles. The number of hydrogen-bond donors (Lipinski definition) is 1. The molecule has 0 aromatic carbocycles. The summed E-state index contributed by atoms with van der Waals surface area (Å²) in [4.78, 5) is 22.9. The van der Waals surface area contributed by atoms with E-state index in [1.54, 1.807) is 0 Å². The van der Waals surface area contributed by atoms with E-state index < -0.39 is 13.9 Å². The number of phosphoric ester groups is 1. The van der Waals surface area contributed by atoms with Crippen molar-refractivity contribution in [2.24, 2.45) is 0 Å². The van der Waals surface area contributed by atoms with Crippen molar-refractivity contribution in [2.75, 3.05) is 54.1 Å². The summed E-state index contributed by atoms with van der Waals surface area (Å²) in [5.41, 5.74) is 0. The minimum absolute atomic E-state index is 0.0907. The molecule has 0 fully saturated rings. The number of unbranched alkanes of at least 4 members (excludes halogenated alkanes) is 26. The molecule has 0 amide bonds. The maximum Gasteiger partial charge on any atom is 0.472 e. The number of quaternary nitrogens is 1. The predicted molar refractivity (Wildman–Crippen MR) is 238 cm³/mol. The van der Waals surface area contributed by atoms with Crippen LogP contribution in [0, 0.1) is 0 Å². The van der Waals surface area contributed by atoms with Crippen molar-refractivity contribution < 1.29 is 37.3 Å². The quantitative estimate of drug-likeness (QED) is 0.0215. The van der Waals surface area contributed by atoms with E-state index in [1.807, 2.05) is 21.1 Å². The van der Waals surface area contributed by atoms with E-state index in [1.165, 1.54) is 154 Å². The van der Waals surface area contributed by atoms with Crippen LogP contribution in [0.3, 0.4) is 0 Å². The fourth-order valence-corrected chi connectivity index (χ4v) is 7.33. The number of rotatable bonds is 44. The molecule has 0 rings (SSSR count). The molecule has 1 N–H and O–H groups in total. The topological polar surface area (TPSA) is 91.3 Å². The molecule has 0 aliphatic heterocycles. The summed E-state index contributed by atoms with van der Waals surface area (Å²) in [6.45, 7) is 5.63. The van der Waals surface area contributed by atoms with Gasteiger partial charge in [-0.25, -0.2) is 4.57 Å². The van der Waals surface area contributed by atoms with Gasteiger partial charge in [-0.1, -0.05) is 186 Å². The van der Waals surface area contributed by atoms with Crippen LogP contribution in [0.1, 0.15) is 213 Å². The number of likely N-dealkylation sites (N-methyl/N-ethyl adjacent to an activating group) is 1. The van der Waals surface area contributed by atoms with Gasteiger partial charge in [0.1, 0.15) is 19.3 Å². The van der Waals surface area contributed by atoms with Crippen LogP contribution < -0.4 is 0 Å². The first-order valence-electron chi connectivity index (χ1n) is 23.6. The Morgan fingerprint density at radius 1 is 0.554 bits per heavy atom. The Morgan fingerprint density at radius 2 is 0.982 bits per heavy atom. The van der Waals surface area contributed by atoms with Crippen LogP contribution in [-0.4, -0.2) is 75.6 Å². The van der Waals surface area contributed by atoms with Gasteiger partial charge in [0, 0.05) is 13.0 Å². The van der Waals surface area contributed by atoms with E-state index in [-0.39, 0.29) is 25.8 Å². The maximum absolute atomic E-state index is 12.7. The number of allylic oxidation sites excluding steroid dienone is 4. The Bertz CT molecular complexity index is 951. The van der Waals surface area contributed by atoms with E-state index >= 15 is 0 Å². The third-order valence-corrected chi connectivity index (χ3v) is 11.2. The molecular weight excluding hydrogens is 721 g/mol. The lowest BCUT2D eigenvalue weighted by Gasteiger charge is -2.24. The molecule has 56 heavy (non-hydrogen) atoms. The predicted octanol–water partition coefficient (Wildman–Crippen LogP) is 14.0. The van der Waals surface area contributed by atoms with Gasteiger partial charge in [-0.3, -0.25) is 13.8 Å². The smallest absolute Gasteiger partial charge is 0.457 e. The zero-order valence-corrected chi connectivity index (χ0v) is 38.5. The normalized spacial score (nSPS) is 13.9. The summed E-state index contributed by atoms with van der Waals surface area (Å²) in [6, 6.07) is 0. The molecule has 0 aromatic rings. The highest BCUT2D eigenvalue weighted by molar-refractivity contribution is 7.47. The summed E-state index contributed by atoms with van der Waals surface area (Å²) < 4.78 is 34.9. The van der Waals surface area contributed by atoms with Crippen molar-refractivity contribution in [1.82, 2.24) is 0 Å². The second-order valence-corrected chi connectivity index (χ2v) is 18.6. The van der Waals surface area contributed by atoms with E-state index in [4.69, 9.17) is 18.5 Å². The van der Waals surface area contributed by atoms with Crippen LogP contribution in [0.4, 0.5) is 0 Å². The monoisotopic (exact) mass is 815 g/mol. The first-order chi connectivity index (χ1) is 27.1. The Balaban J connectivity index is 4.01. The van der Waals surface area contributed by atoms with E-state index in [0.717, 1.165) is 38.5 Å². The molecule has 0 radical (unpaired) electrons. The molecule has 332 valence electrons. The lowest BCUT2D eigenvalue weighted by molar-refractivity contribution is -0.870. The highest BCUT2D eigenvalue weighted by Crippen LogP contribution is 2.43. The van der Waals surface area contributed by atoms with Gasteiger partial charge < -0.3 is 18.9 Å². The Morgan fingerprint density at radius 3 is 1.45 bits per heavy atom. The van der Waals surface area contributed by atoms with Crippen LogP contribution >= 0.6 is 7.82 Å². The SMILES string of the molecule is CCCCCCC/C=C\C/C=C\CCCCCCCCCCCCCCCC(=O)OC(COCCCCCCCCCCC)COP(=O)(O)OCC[N+](C)(C)C. The van der Waals surface area contributed by atoms with Gasteiger partial charge in [0.15, 0.2) is 0 Å². The molecule has 0 aromatic heterocycles. The zero-order valence-electron chi connectivity index (χ0n) is 37.6. The highest BCUT2D eigenvalue weighted by Gasteiger charge is 2.26. The van der Waals surface area contributed by atoms with Gasteiger partial charge in [0.2, 0.25) is 0 Å². The Labute approximate surface area is 347 Å². The molecular formula is C47H93NO7P+. The third-order valence-electron chi connectivity index (χ3n) is 10.3. The molecule has 2 unspecified atom stereocenters. The van der Waals surface area contributed by atoms with Gasteiger partial charge in [-0.05, 0) is 44.9 Å². The molecule has 0 aliphatic carbocycles. The number of phosphoric acid groups is 1. The van der Waals surface area contributed by atoms with Gasteiger partial charge >= 0.3 is 13.8 Å². The van der Waals surface area contributed by atoms with Gasteiger partial charge in [-0.2, -0.15) is 0 Å². The van der Waals surface area contributed by atoms with Crippen molar-refractivity contribution in [2.45, 2.75) is 219 Å². The summed E-state index contributed by atoms with van der Waals surface area (Å²) >= 11 is 0. The molecule has 9 heteroatoms. The van der Waals surface area contributed by atoms with E-state index in [0.29, 0.717) is 24.1 Å². The summed E-state index contributed by atoms with van der Waals surface area (Å²) in [5.74, 6) is -0.313. The minimum Gasteiger partial charge on any atom is -0.457 e. The lowest BCUT2D eigenvalue weighted by atomic mass is 10.0. The molecule has 0 bridgehead atoms. The third kappa shape index (κ3) is 44.1. The summed E-state index contributed by atoms with van der Waals surface area (Å²) in [6.07, 6.45) is 46.5. The van der Waals surface area contributed by atoms with Gasteiger partial charge in [0.25, 0.3) is 0 Å². The van der Waals surface area contributed by atoms with Gasteiger partial charge in [0.05, 0.1) is 34.4 Å². The first kappa shape index (κ1) is 55.0. The van der Waals surface area contributed by atoms with Crippen LogP contribution in [0.25, 0.3) is 0 Å². The van der Waals surface area contributed by atoms with E-state index in [2.05, 4.69) is 38.2 Å². The number of hydrogen-bond acceptors (Lipinski definition) is 6. The van der Waals surface area contributed by atoms with Crippen molar-refractivity contribution in [1.29, 1.82) is 0 Å². The van der Waals surface area contributed by atoms with Crippen LogP contribution in [0.2, 0.25) is 0 Å². The van der Waals surface area contributed by atoms with Crippen LogP contribution in [0.5, 0.6) is 0 Å². The fraction of sp³-hybridized carbons (Fsp3) is 0.894. The molecule has 0 saturated heterocycles. The minimum atomic E-state index is -4.27. The first-order valence-corrected chi connectivity index (χ1v) is 25.1. The Hall–Kier alpha value is -1.02. The fourth-order valence-electron chi connectivity index (χ4n) is 6.58. The second-order valence-electron chi connectivity index (χ2n) is 17.1. The average Bonchev–Trinajstić information content (AvgIpc) is 3.15.